The second-order valence-corrected chi connectivity index (χ2v) is 7.47. The van der Waals surface area contributed by atoms with Gasteiger partial charge in [-0.3, -0.25) is 9.89 Å². The summed E-state index contributed by atoms with van der Waals surface area (Å²) in [5, 5.41) is 7.60. The smallest absolute Gasteiger partial charge is 0.254 e. The van der Waals surface area contributed by atoms with Crippen molar-refractivity contribution < 1.29 is 9.53 Å². The van der Waals surface area contributed by atoms with Crippen LogP contribution in [0.4, 0.5) is 5.82 Å². The number of aromatic amines is 1. The highest BCUT2D eigenvalue weighted by atomic mass is 16.5. The molecule has 0 bridgehead atoms. The standard InChI is InChI=1S/C23H26N4O2/c1-16-4-5-17(2)20(14-16)23(28)27-12-10-26(11-13-27)22-15-21(24-25-22)18-6-8-19(29-3)9-7-18/h4-9,14-15H,10-13H2,1-3H3,(H,24,25). The van der Waals surface area contributed by atoms with E-state index >= 15 is 0 Å². The summed E-state index contributed by atoms with van der Waals surface area (Å²) < 4.78 is 5.21. The average molecular weight is 390 g/mol. The predicted molar refractivity (Wildman–Crippen MR) is 115 cm³/mol. The molecule has 29 heavy (non-hydrogen) atoms. The third-order valence-electron chi connectivity index (χ3n) is 5.48. The van der Waals surface area contributed by atoms with Crippen LogP contribution in [-0.2, 0) is 0 Å². The van der Waals surface area contributed by atoms with Crippen molar-refractivity contribution in [3.05, 3.63) is 65.2 Å². The summed E-state index contributed by atoms with van der Waals surface area (Å²) in [6.45, 7) is 6.93. The van der Waals surface area contributed by atoms with Crippen molar-refractivity contribution in [3.8, 4) is 17.0 Å². The molecule has 1 saturated heterocycles. The Hall–Kier alpha value is -3.28. The minimum Gasteiger partial charge on any atom is -0.497 e. The molecule has 0 saturated carbocycles. The molecule has 4 rings (SSSR count). The van der Waals surface area contributed by atoms with Gasteiger partial charge in [-0.05, 0) is 55.3 Å². The molecule has 1 aromatic heterocycles. The Morgan fingerprint density at radius 1 is 1.00 bits per heavy atom. The van der Waals surface area contributed by atoms with E-state index in [1.165, 1.54) is 0 Å². The van der Waals surface area contributed by atoms with Crippen molar-refractivity contribution >= 4 is 11.7 Å². The van der Waals surface area contributed by atoms with Crippen LogP contribution in [0.1, 0.15) is 21.5 Å². The van der Waals surface area contributed by atoms with Crippen LogP contribution in [0.2, 0.25) is 0 Å². The van der Waals surface area contributed by atoms with E-state index in [0.29, 0.717) is 13.1 Å². The highest BCUT2D eigenvalue weighted by Gasteiger charge is 2.24. The summed E-state index contributed by atoms with van der Waals surface area (Å²) in [5.41, 5.74) is 4.98. The molecule has 0 atom stereocenters. The van der Waals surface area contributed by atoms with E-state index in [1.807, 2.05) is 61.2 Å². The average Bonchev–Trinajstić information content (AvgIpc) is 3.25. The maximum Gasteiger partial charge on any atom is 0.254 e. The highest BCUT2D eigenvalue weighted by Crippen LogP contribution is 2.25. The van der Waals surface area contributed by atoms with Crippen molar-refractivity contribution in [1.82, 2.24) is 15.1 Å². The molecular formula is C23H26N4O2. The topological polar surface area (TPSA) is 61.5 Å². The number of carbonyl (C=O) groups excluding carboxylic acids is 1. The van der Waals surface area contributed by atoms with E-state index in [-0.39, 0.29) is 5.91 Å². The normalized spacial score (nSPS) is 14.2. The number of rotatable bonds is 4. The molecule has 150 valence electrons. The van der Waals surface area contributed by atoms with Gasteiger partial charge in [-0.1, -0.05) is 17.7 Å². The van der Waals surface area contributed by atoms with Gasteiger partial charge in [0.2, 0.25) is 0 Å². The molecule has 1 aliphatic rings. The van der Waals surface area contributed by atoms with Crippen LogP contribution >= 0.6 is 0 Å². The molecule has 2 heterocycles. The number of aryl methyl sites for hydroxylation is 2. The first-order valence-electron chi connectivity index (χ1n) is 9.86. The second kappa shape index (κ2) is 7.99. The number of methoxy groups -OCH3 is 1. The van der Waals surface area contributed by atoms with Gasteiger partial charge in [0.15, 0.2) is 5.82 Å². The van der Waals surface area contributed by atoms with Crippen molar-refractivity contribution in [2.75, 3.05) is 38.2 Å². The Kier molecular flexibility index (Phi) is 5.25. The third kappa shape index (κ3) is 3.97. The number of ether oxygens (including phenoxy) is 1. The molecule has 0 spiro atoms. The van der Waals surface area contributed by atoms with Gasteiger partial charge in [0.25, 0.3) is 5.91 Å². The quantitative estimate of drug-likeness (QED) is 0.738. The number of aromatic nitrogens is 2. The second-order valence-electron chi connectivity index (χ2n) is 7.47. The van der Waals surface area contributed by atoms with Crippen molar-refractivity contribution in [2.45, 2.75) is 13.8 Å². The van der Waals surface area contributed by atoms with E-state index in [2.05, 4.69) is 21.2 Å². The van der Waals surface area contributed by atoms with E-state index in [4.69, 9.17) is 4.74 Å². The van der Waals surface area contributed by atoms with Gasteiger partial charge in [-0.25, -0.2) is 0 Å². The first-order chi connectivity index (χ1) is 14.0. The zero-order valence-electron chi connectivity index (χ0n) is 17.1. The number of nitrogens with zero attached hydrogens (tertiary/aromatic N) is 3. The number of H-pyrrole nitrogens is 1. The summed E-state index contributed by atoms with van der Waals surface area (Å²) in [7, 11) is 1.66. The highest BCUT2D eigenvalue weighted by molar-refractivity contribution is 5.96. The number of piperazine rings is 1. The monoisotopic (exact) mass is 390 g/mol. The lowest BCUT2D eigenvalue weighted by atomic mass is 10.0. The van der Waals surface area contributed by atoms with Crippen LogP contribution < -0.4 is 9.64 Å². The van der Waals surface area contributed by atoms with Gasteiger partial charge in [-0.2, -0.15) is 5.10 Å². The fourth-order valence-corrected chi connectivity index (χ4v) is 3.67. The van der Waals surface area contributed by atoms with E-state index in [1.54, 1.807) is 7.11 Å². The van der Waals surface area contributed by atoms with Crippen LogP contribution in [0.3, 0.4) is 0 Å². The number of hydrogen-bond donors (Lipinski definition) is 1. The molecule has 1 N–H and O–H groups in total. The number of benzene rings is 2. The molecule has 0 radical (unpaired) electrons. The largest absolute Gasteiger partial charge is 0.497 e. The van der Waals surface area contributed by atoms with Crippen molar-refractivity contribution in [1.29, 1.82) is 0 Å². The lowest BCUT2D eigenvalue weighted by Gasteiger charge is -2.35. The molecule has 2 aromatic carbocycles. The van der Waals surface area contributed by atoms with Crippen molar-refractivity contribution in [2.24, 2.45) is 0 Å². The third-order valence-corrected chi connectivity index (χ3v) is 5.48. The number of anilines is 1. The minimum atomic E-state index is 0.117. The predicted octanol–water partition coefficient (Wildman–Crippen LogP) is 3.66. The summed E-state index contributed by atoms with van der Waals surface area (Å²) >= 11 is 0. The Morgan fingerprint density at radius 3 is 2.41 bits per heavy atom. The number of amides is 1. The molecule has 6 nitrogen and oxygen atoms in total. The Bertz CT molecular complexity index is 1000. The summed E-state index contributed by atoms with van der Waals surface area (Å²) in [6.07, 6.45) is 0. The molecule has 1 amide bonds. The molecule has 0 aliphatic carbocycles. The van der Waals surface area contributed by atoms with E-state index in [9.17, 15) is 4.79 Å². The van der Waals surface area contributed by atoms with Crippen LogP contribution in [0.5, 0.6) is 5.75 Å². The van der Waals surface area contributed by atoms with Gasteiger partial charge < -0.3 is 14.5 Å². The lowest BCUT2D eigenvalue weighted by molar-refractivity contribution is 0.0745. The summed E-state index contributed by atoms with van der Waals surface area (Å²) in [4.78, 5) is 17.1. The fourth-order valence-electron chi connectivity index (χ4n) is 3.67. The molecular weight excluding hydrogens is 364 g/mol. The lowest BCUT2D eigenvalue weighted by Crippen LogP contribution is -2.49. The van der Waals surface area contributed by atoms with E-state index in [0.717, 1.165) is 52.6 Å². The van der Waals surface area contributed by atoms with Gasteiger partial charge in [0.05, 0.1) is 12.8 Å². The van der Waals surface area contributed by atoms with Crippen molar-refractivity contribution in [3.63, 3.8) is 0 Å². The summed E-state index contributed by atoms with van der Waals surface area (Å²) in [6, 6.07) is 16.0. The van der Waals surface area contributed by atoms with Crippen LogP contribution in [0.15, 0.2) is 48.5 Å². The molecule has 1 aliphatic heterocycles. The van der Waals surface area contributed by atoms with Gasteiger partial charge in [-0.15, -0.1) is 0 Å². The van der Waals surface area contributed by atoms with Gasteiger partial charge in [0.1, 0.15) is 5.75 Å². The maximum atomic E-state index is 12.9. The van der Waals surface area contributed by atoms with Gasteiger partial charge >= 0.3 is 0 Å². The molecule has 3 aromatic rings. The SMILES string of the molecule is COc1ccc(-c2cc(N3CCN(C(=O)c4cc(C)ccc4C)CC3)n[nH]2)cc1. The number of carbonyl (C=O) groups is 1. The Labute approximate surface area is 171 Å². The first kappa shape index (κ1) is 19.1. The number of nitrogens with one attached hydrogen (secondary N) is 1. The fraction of sp³-hybridized carbons (Fsp3) is 0.304. The molecule has 1 fully saturated rings. The van der Waals surface area contributed by atoms with E-state index < -0.39 is 0 Å². The summed E-state index contributed by atoms with van der Waals surface area (Å²) in [5.74, 6) is 1.86. The molecule has 0 unspecified atom stereocenters. The maximum absolute atomic E-state index is 12.9. The van der Waals surface area contributed by atoms with Gasteiger partial charge in [0, 0.05) is 37.8 Å². The Balaban J connectivity index is 1.41. The number of hydrogen-bond acceptors (Lipinski definition) is 4. The van der Waals surface area contributed by atoms with Crippen LogP contribution in [-0.4, -0.2) is 54.3 Å². The minimum absolute atomic E-state index is 0.117. The first-order valence-corrected chi connectivity index (χ1v) is 9.86. The van der Waals surface area contributed by atoms with Crippen LogP contribution in [0, 0.1) is 13.8 Å². The Morgan fingerprint density at radius 2 is 1.72 bits per heavy atom. The zero-order chi connectivity index (χ0) is 20.4. The zero-order valence-corrected chi connectivity index (χ0v) is 17.1. The van der Waals surface area contributed by atoms with Crippen LogP contribution in [0.25, 0.3) is 11.3 Å². The molecule has 6 heteroatoms.